The molecule has 0 radical (unpaired) electrons. The normalized spacial score (nSPS) is 10.6. The second-order valence-corrected chi connectivity index (χ2v) is 3.20. The van der Waals surface area contributed by atoms with E-state index in [0.29, 0.717) is 36.1 Å². The fraction of sp³-hybridized carbons (Fsp3) is 0.300. The summed E-state index contributed by atoms with van der Waals surface area (Å²) in [6.07, 6.45) is 2.23. The van der Waals surface area contributed by atoms with Gasteiger partial charge in [0.2, 0.25) is 0 Å². The molecule has 2 N–H and O–H groups in total. The molecule has 0 aromatic carbocycles. The molecule has 0 unspecified atom stereocenters. The van der Waals surface area contributed by atoms with Gasteiger partial charge < -0.3 is 15.0 Å². The van der Waals surface area contributed by atoms with Crippen molar-refractivity contribution in [3.05, 3.63) is 24.2 Å². The molecule has 0 bridgehead atoms. The minimum atomic E-state index is 0.337. The maximum Gasteiger partial charge on any atom is 0.278 e. The molecule has 2 heterocycles. The fourth-order valence-corrected chi connectivity index (χ4v) is 1.24. The third-order valence-electron chi connectivity index (χ3n) is 2.04. The van der Waals surface area contributed by atoms with Crippen LogP contribution in [0.3, 0.4) is 0 Å². The molecular formula is C10H12N4O2. The van der Waals surface area contributed by atoms with E-state index in [0.717, 1.165) is 0 Å². The summed E-state index contributed by atoms with van der Waals surface area (Å²) < 4.78 is 9.99. The van der Waals surface area contributed by atoms with Crippen LogP contribution in [-0.4, -0.2) is 28.8 Å². The third kappa shape index (κ3) is 2.17. The number of hydrogen-bond donors (Lipinski definition) is 1. The Morgan fingerprint density at radius 3 is 3.12 bits per heavy atom. The molecule has 0 saturated heterocycles. The Morgan fingerprint density at radius 1 is 1.50 bits per heavy atom. The minimum absolute atomic E-state index is 0.337. The summed E-state index contributed by atoms with van der Waals surface area (Å²) >= 11 is 0. The van der Waals surface area contributed by atoms with Crippen LogP contribution in [0.5, 0.6) is 0 Å². The van der Waals surface area contributed by atoms with Crippen molar-refractivity contribution in [2.75, 3.05) is 19.5 Å². The van der Waals surface area contributed by atoms with Crippen LogP contribution in [0.2, 0.25) is 0 Å². The average molecular weight is 220 g/mol. The standard InChI is InChI=1S/C10H12N4O2/c1-15-6-4-8-13-10(16-14-8)9-7(11)3-2-5-12-9/h2-3,5H,4,6,11H2,1H3. The lowest BCUT2D eigenvalue weighted by atomic mass is 10.3. The molecule has 0 atom stereocenters. The molecule has 6 heteroatoms. The monoisotopic (exact) mass is 220 g/mol. The van der Waals surface area contributed by atoms with Gasteiger partial charge in [-0.2, -0.15) is 4.98 Å². The summed E-state index contributed by atoms with van der Waals surface area (Å²) in [5, 5.41) is 3.81. The maximum atomic E-state index is 5.75. The van der Waals surface area contributed by atoms with Gasteiger partial charge in [-0.05, 0) is 12.1 Å². The zero-order chi connectivity index (χ0) is 11.4. The van der Waals surface area contributed by atoms with Crippen LogP contribution < -0.4 is 5.73 Å². The summed E-state index contributed by atoms with van der Waals surface area (Å²) in [4.78, 5) is 8.27. The predicted molar refractivity (Wildman–Crippen MR) is 57.5 cm³/mol. The number of pyridine rings is 1. The molecule has 0 spiro atoms. The number of rotatable bonds is 4. The van der Waals surface area contributed by atoms with Gasteiger partial charge >= 0.3 is 0 Å². The summed E-state index contributed by atoms with van der Waals surface area (Å²) in [7, 11) is 1.62. The molecule has 6 nitrogen and oxygen atoms in total. The lowest BCUT2D eigenvalue weighted by Gasteiger charge is -1.96. The fourth-order valence-electron chi connectivity index (χ4n) is 1.24. The molecule has 16 heavy (non-hydrogen) atoms. The topological polar surface area (TPSA) is 87.1 Å². The van der Waals surface area contributed by atoms with Gasteiger partial charge in [0.05, 0.1) is 12.3 Å². The van der Waals surface area contributed by atoms with E-state index in [1.807, 2.05) is 0 Å². The molecule has 0 amide bonds. The van der Waals surface area contributed by atoms with Crippen molar-refractivity contribution < 1.29 is 9.26 Å². The average Bonchev–Trinajstić information content (AvgIpc) is 2.75. The van der Waals surface area contributed by atoms with Gasteiger partial charge in [-0.3, -0.25) is 0 Å². The highest BCUT2D eigenvalue weighted by atomic mass is 16.5. The first-order chi connectivity index (χ1) is 7.81. The summed E-state index contributed by atoms with van der Waals surface area (Å²) in [6, 6.07) is 3.49. The van der Waals surface area contributed by atoms with Crippen molar-refractivity contribution in [3.63, 3.8) is 0 Å². The molecular weight excluding hydrogens is 208 g/mol. The van der Waals surface area contributed by atoms with Crippen LogP contribution in [-0.2, 0) is 11.2 Å². The van der Waals surface area contributed by atoms with Gasteiger partial charge in [-0.15, -0.1) is 0 Å². The van der Waals surface area contributed by atoms with Gasteiger partial charge in [-0.25, -0.2) is 4.98 Å². The first kappa shape index (κ1) is 10.6. The molecule has 2 aromatic heterocycles. The van der Waals surface area contributed by atoms with E-state index in [1.54, 1.807) is 25.4 Å². The van der Waals surface area contributed by atoms with Gasteiger partial charge in [0.1, 0.15) is 0 Å². The number of nitrogens with zero attached hydrogens (tertiary/aromatic N) is 3. The van der Waals surface area contributed by atoms with Crippen LogP contribution in [0.1, 0.15) is 5.82 Å². The van der Waals surface area contributed by atoms with Crippen molar-refractivity contribution in [3.8, 4) is 11.6 Å². The van der Waals surface area contributed by atoms with Crippen molar-refractivity contribution in [2.45, 2.75) is 6.42 Å². The highest BCUT2D eigenvalue weighted by Gasteiger charge is 2.12. The number of ether oxygens (including phenoxy) is 1. The molecule has 84 valence electrons. The van der Waals surface area contributed by atoms with Gasteiger partial charge in [-0.1, -0.05) is 5.16 Å². The number of hydrogen-bond acceptors (Lipinski definition) is 6. The summed E-state index contributed by atoms with van der Waals surface area (Å²) in [5.74, 6) is 0.922. The van der Waals surface area contributed by atoms with Crippen molar-refractivity contribution in [1.82, 2.24) is 15.1 Å². The van der Waals surface area contributed by atoms with Crippen molar-refractivity contribution in [2.24, 2.45) is 0 Å². The van der Waals surface area contributed by atoms with E-state index in [2.05, 4.69) is 15.1 Å². The lowest BCUT2D eigenvalue weighted by molar-refractivity contribution is 0.199. The van der Waals surface area contributed by atoms with Crippen molar-refractivity contribution in [1.29, 1.82) is 0 Å². The van der Waals surface area contributed by atoms with Crippen LogP contribution in [0.15, 0.2) is 22.9 Å². The largest absolute Gasteiger partial charge is 0.397 e. The van der Waals surface area contributed by atoms with E-state index < -0.39 is 0 Å². The number of methoxy groups -OCH3 is 1. The van der Waals surface area contributed by atoms with Gasteiger partial charge in [0, 0.05) is 19.7 Å². The first-order valence-electron chi connectivity index (χ1n) is 4.83. The SMILES string of the molecule is COCCc1noc(-c2ncccc2N)n1. The molecule has 2 rings (SSSR count). The van der Waals surface area contributed by atoms with Crippen LogP contribution >= 0.6 is 0 Å². The van der Waals surface area contributed by atoms with E-state index in [1.165, 1.54) is 0 Å². The first-order valence-corrected chi connectivity index (χ1v) is 4.83. The van der Waals surface area contributed by atoms with E-state index in [9.17, 15) is 0 Å². The van der Waals surface area contributed by atoms with Crippen LogP contribution in [0, 0.1) is 0 Å². The number of nitrogen functional groups attached to an aromatic ring is 1. The summed E-state index contributed by atoms with van der Waals surface area (Å²) in [6.45, 7) is 0.552. The molecule has 0 fully saturated rings. The molecule has 0 aliphatic carbocycles. The van der Waals surface area contributed by atoms with Gasteiger partial charge in [0.15, 0.2) is 11.5 Å². The Kier molecular flexibility index (Phi) is 3.11. The molecule has 0 aliphatic heterocycles. The van der Waals surface area contributed by atoms with Crippen molar-refractivity contribution >= 4 is 5.69 Å². The Labute approximate surface area is 92.4 Å². The second kappa shape index (κ2) is 4.71. The number of aromatic nitrogens is 3. The molecule has 0 saturated carbocycles. The van der Waals surface area contributed by atoms with E-state index in [-0.39, 0.29) is 0 Å². The highest BCUT2D eigenvalue weighted by Crippen LogP contribution is 2.20. The lowest BCUT2D eigenvalue weighted by Crippen LogP contribution is -1.97. The van der Waals surface area contributed by atoms with E-state index in [4.69, 9.17) is 15.0 Å². The zero-order valence-electron chi connectivity index (χ0n) is 8.88. The summed E-state index contributed by atoms with van der Waals surface area (Å²) in [5.41, 5.74) is 6.78. The molecule has 0 aliphatic rings. The Balaban J connectivity index is 2.22. The smallest absolute Gasteiger partial charge is 0.278 e. The number of anilines is 1. The number of nitrogens with two attached hydrogens (primary N) is 1. The highest BCUT2D eigenvalue weighted by molar-refractivity contribution is 5.65. The van der Waals surface area contributed by atoms with Gasteiger partial charge in [0.25, 0.3) is 5.89 Å². The quantitative estimate of drug-likeness (QED) is 0.823. The third-order valence-corrected chi connectivity index (χ3v) is 2.04. The molecule has 2 aromatic rings. The minimum Gasteiger partial charge on any atom is -0.397 e. The Bertz CT molecular complexity index is 469. The second-order valence-electron chi connectivity index (χ2n) is 3.20. The maximum absolute atomic E-state index is 5.75. The Morgan fingerprint density at radius 2 is 2.38 bits per heavy atom. The zero-order valence-corrected chi connectivity index (χ0v) is 8.88. The predicted octanol–water partition coefficient (Wildman–Crippen LogP) is 0.903. The Hall–Kier alpha value is -1.95. The van der Waals surface area contributed by atoms with Crippen LogP contribution in [0.25, 0.3) is 11.6 Å². The van der Waals surface area contributed by atoms with Crippen LogP contribution in [0.4, 0.5) is 5.69 Å². The van der Waals surface area contributed by atoms with E-state index >= 15 is 0 Å².